The topological polar surface area (TPSA) is 26.0 Å². The number of anilines is 1. The Kier molecular flexibility index (Phi) is 4.57. The fourth-order valence-corrected chi connectivity index (χ4v) is 5.02. The van der Waals surface area contributed by atoms with Crippen LogP contribution in [-0.2, 0) is 10.8 Å². The van der Waals surface area contributed by atoms with Crippen molar-refractivity contribution in [3.05, 3.63) is 102 Å². The summed E-state index contributed by atoms with van der Waals surface area (Å²) in [6.07, 6.45) is 0. The number of fused-ring (bicyclic) bond motifs is 3. The second kappa shape index (κ2) is 7.10. The largest absolute Gasteiger partial charge is 0.398 e. The number of nitrogen functional groups attached to an aromatic ring is 1. The molecule has 0 atom stereocenters. The van der Waals surface area contributed by atoms with E-state index in [1.807, 2.05) is 0 Å². The van der Waals surface area contributed by atoms with E-state index < -0.39 is 0 Å². The van der Waals surface area contributed by atoms with Crippen LogP contribution < -0.4 is 5.73 Å². The van der Waals surface area contributed by atoms with E-state index in [1.54, 1.807) is 0 Å². The van der Waals surface area contributed by atoms with E-state index in [0.29, 0.717) is 0 Å². The van der Waals surface area contributed by atoms with Crippen LogP contribution in [0.2, 0.25) is 0 Å². The van der Waals surface area contributed by atoms with Crippen molar-refractivity contribution in [1.82, 2.24) is 0 Å². The van der Waals surface area contributed by atoms with Gasteiger partial charge in [-0.3, -0.25) is 0 Å². The third kappa shape index (κ3) is 3.24. The highest BCUT2D eigenvalue weighted by atomic mass is 14.6. The molecule has 1 nitrogen and oxygen atoms in total. The van der Waals surface area contributed by atoms with E-state index in [9.17, 15) is 0 Å². The first-order valence-electron chi connectivity index (χ1n) is 11.4. The maximum absolute atomic E-state index is 6.59. The van der Waals surface area contributed by atoms with Crippen molar-refractivity contribution in [2.45, 2.75) is 45.4 Å². The quantitative estimate of drug-likeness (QED) is 0.327. The number of rotatable bonds is 2. The molecule has 5 rings (SSSR count). The molecule has 0 unspecified atom stereocenters. The standard InChI is InChI=1S/C31H31N/c1-30(2,3)23-16-14-21(15-17-23)20-10-12-22(13-11-20)25-18-26-24-8-6-7-9-27(24)31(4,5)28(26)19-29(25)32/h6-19H,32H2,1-5H3. The van der Waals surface area contributed by atoms with Crippen LogP contribution in [0, 0.1) is 0 Å². The number of benzene rings is 4. The van der Waals surface area contributed by atoms with E-state index in [4.69, 9.17) is 5.73 Å². The monoisotopic (exact) mass is 417 g/mol. The van der Waals surface area contributed by atoms with Crippen molar-refractivity contribution in [3.8, 4) is 33.4 Å². The average molecular weight is 418 g/mol. The SMILES string of the molecule is CC(C)(C)c1ccc(-c2ccc(-c3cc4c(cc3N)C(C)(C)c3ccccc3-4)cc2)cc1. The van der Waals surface area contributed by atoms with Gasteiger partial charge in [-0.25, -0.2) is 0 Å². The van der Waals surface area contributed by atoms with Gasteiger partial charge in [-0.15, -0.1) is 0 Å². The smallest absolute Gasteiger partial charge is 0.0397 e. The fraction of sp³-hybridized carbons (Fsp3) is 0.226. The summed E-state index contributed by atoms with van der Waals surface area (Å²) in [4.78, 5) is 0. The molecular weight excluding hydrogens is 386 g/mol. The summed E-state index contributed by atoms with van der Waals surface area (Å²) < 4.78 is 0. The van der Waals surface area contributed by atoms with E-state index in [1.165, 1.54) is 38.9 Å². The van der Waals surface area contributed by atoms with E-state index in [2.05, 4.69) is 120 Å². The van der Waals surface area contributed by atoms with Crippen LogP contribution >= 0.6 is 0 Å². The Morgan fingerprint density at radius 3 is 1.78 bits per heavy atom. The van der Waals surface area contributed by atoms with Gasteiger partial charge in [0.1, 0.15) is 0 Å². The first kappa shape index (κ1) is 20.6. The van der Waals surface area contributed by atoms with Gasteiger partial charge in [0.05, 0.1) is 0 Å². The third-order valence-electron chi connectivity index (χ3n) is 7.03. The molecule has 1 aliphatic rings. The Bertz CT molecular complexity index is 1300. The first-order chi connectivity index (χ1) is 15.2. The second-order valence-corrected chi connectivity index (χ2v) is 10.6. The molecule has 4 aromatic rings. The third-order valence-corrected chi connectivity index (χ3v) is 7.03. The van der Waals surface area contributed by atoms with E-state index >= 15 is 0 Å². The molecule has 2 N–H and O–H groups in total. The van der Waals surface area contributed by atoms with Gasteiger partial charge in [-0.1, -0.05) is 107 Å². The van der Waals surface area contributed by atoms with Gasteiger partial charge in [-0.2, -0.15) is 0 Å². The molecule has 1 aliphatic carbocycles. The van der Waals surface area contributed by atoms with E-state index in [0.717, 1.165) is 16.8 Å². The summed E-state index contributed by atoms with van der Waals surface area (Å²) >= 11 is 0. The van der Waals surface area contributed by atoms with Gasteiger partial charge in [0.2, 0.25) is 0 Å². The minimum atomic E-state index is -0.0261. The number of hydrogen-bond donors (Lipinski definition) is 1. The predicted molar refractivity (Wildman–Crippen MR) is 138 cm³/mol. The maximum atomic E-state index is 6.59. The molecule has 4 aromatic carbocycles. The second-order valence-electron chi connectivity index (χ2n) is 10.6. The van der Waals surface area contributed by atoms with Crippen molar-refractivity contribution in [2.24, 2.45) is 0 Å². The Morgan fingerprint density at radius 2 is 1.16 bits per heavy atom. The fourth-order valence-electron chi connectivity index (χ4n) is 5.02. The van der Waals surface area contributed by atoms with Crippen LogP contribution in [0.1, 0.15) is 51.3 Å². The summed E-state index contributed by atoms with van der Waals surface area (Å²) in [6.45, 7) is 11.3. The maximum Gasteiger partial charge on any atom is 0.0397 e. The zero-order valence-electron chi connectivity index (χ0n) is 19.7. The lowest BCUT2D eigenvalue weighted by Gasteiger charge is -2.22. The van der Waals surface area contributed by atoms with Crippen molar-refractivity contribution >= 4 is 5.69 Å². The molecule has 0 radical (unpaired) electrons. The lowest BCUT2D eigenvalue weighted by Crippen LogP contribution is -2.15. The summed E-state index contributed by atoms with van der Waals surface area (Å²) in [7, 11) is 0. The summed E-state index contributed by atoms with van der Waals surface area (Å²) in [5.41, 5.74) is 19.0. The zero-order valence-corrected chi connectivity index (χ0v) is 19.7. The van der Waals surface area contributed by atoms with Gasteiger partial charge >= 0.3 is 0 Å². The summed E-state index contributed by atoms with van der Waals surface area (Å²) in [6, 6.07) is 30.9. The average Bonchev–Trinajstić information content (AvgIpc) is 3.00. The molecule has 0 amide bonds. The number of hydrogen-bond acceptors (Lipinski definition) is 1. The molecule has 0 saturated heterocycles. The summed E-state index contributed by atoms with van der Waals surface area (Å²) in [5, 5.41) is 0. The molecule has 1 heteroatoms. The minimum Gasteiger partial charge on any atom is -0.398 e. The molecular formula is C31H31N. The Balaban J connectivity index is 1.52. The Morgan fingerprint density at radius 1 is 0.594 bits per heavy atom. The highest BCUT2D eigenvalue weighted by molar-refractivity contribution is 5.89. The number of nitrogens with two attached hydrogens (primary N) is 1. The lowest BCUT2D eigenvalue weighted by atomic mass is 9.82. The minimum absolute atomic E-state index is 0.0261. The van der Waals surface area contributed by atoms with Crippen LogP contribution in [0.3, 0.4) is 0 Å². The molecule has 0 aromatic heterocycles. The van der Waals surface area contributed by atoms with Gasteiger partial charge in [-0.05, 0) is 62.1 Å². The Hall–Kier alpha value is -3.32. The van der Waals surface area contributed by atoms with Crippen LogP contribution in [0.25, 0.3) is 33.4 Å². The van der Waals surface area contributed by atoms with Crippen LogP contribution in [0.15, 0.2) is 84.9 Å². The van der Waals surface area contributed by atoms with Gasteiger partial charge in [0.15, 0.2) is 0 Å². The van der Waals surface area contributed by atoms with E-state index in [-0.39, 0.29) is 10.8 Å². The normalized spacial score (nSPS) is 14.2. The highest BCUT2D eigenvalue weighted by Gasteiger charge is 2.35. The van der Waals surface area contributed by atoms with Gasteiger partial charge in [0, 0.05) is 16.7 Å². The predicted octanol–water partition coefficient (Wildman–Crippen LogP) is 8.21. The van der Waals surface area contributed by atoms with Gasteiger partial charge < -0.3 is 5.73 Å². The molecule has 0 spiro atoms. The highest BCUT2D eigenvalue weighted by Crippen LogP contribution is 2.50. The lowest BCUT2D eigenvalue weighted by molar-refractivity contribution is 0.590. The molecule has 32 heavy (non-hydrogen) atoms. The Labute approximate surface area is 191 Å². The molecule has 160 valence electrons. The molecule has 0 saturated carbocycles. The van der Waals surface area contributed by atoms with Crippen molar-refractivity contribution in [3.63, 3.8) is 0 Å². The molecule has 0 fully saturated rings. The van der Waals surface area contributed by atoms with Gasteiger partial charge in [0.25, 0.3) is 0 Å². The molecule has 0 heterocycles. The van der Waals surface area contributed by atoms with Crippen molar-refractivity contribution in [1.29, 1.82) is 0 Å². The van der Waals surface area contributed by atoms with Crippen LogP contribution in [0.4, 0.5) is 5.69 Å². The summed E-state index contributed by atoms with van der Waals surface area (Å²) in [5.74, 6) is 0. The zero-order chi connectivity index (χ0) is 22.7. The van der Waals surface area contributed by atoms with Crippen molar-refractivity contribution < 1.29 is 0 Å². The first-order valence-corrected chi connectivity index (χ1v) is 11.4. The van der Waals surface area contributed by atoms with Crippen LogP contribution in [0.5, 0.6) is 0 Å². The molecule has 0 aliphatic heterocycles. The van der Waals surface area contributed by atoms with Crippen molar-refractivity contribution in [2.75, 3.05) is 5.73 Å². The molecule has 0 bridgehead atoms. The van der Waals surface area contributed by atoms with Crippen LogP contribution in [-0.4, -0.2) is 0 Å².